The third-order valence-corrected chi connectivity index (χ3v) is 1.95. The Labute approximate surface area is 71.6 Å². The Balaban J connectivity index is 2.96. The monoisotopic (exact) mass is 168 g/mol. The molecule has 0 saturated heterocycles. The van der Waals surface area contributed by atoms with Crippen molar-refractivity contribution in [1.82, 2.24) is 5.43 Å². The van der Waals surface area contributed by atoms with E-state index >= 15 is 0 Å². The Hall–Kier alpha value is -0.930. The molecule has 0 aliphatic rings. The van der Waals surface area contributed by atoms with E-state index in [9.17, 15) is 4.39 Å². The Morgan fingerprint density at radius 3 is 2.67 bits per heavy atom. The van der Waals surface area contributed by atoms with Crippen molar-refractivity contribution in [2.24, 2.45) is 5.84 Å². The van der Waals surface area contributed by atoms with E-state index in [-0.39, 0.29) is 11.9 Å². The predicted molar refractivity (Wildman–Crippen MR) is 46.9 cm³/mol. The van der Waals surface area contributed by atoms with Crippen LogP contribution in [0.5, 0.6) is 0 Å². The van der Waals surface area contributed by atoms with E-state index in [0.29, 0.717) is 5.56 Å². The van der Waals surface area contributed by atoms with Crippen LogP contribution in [0.4, 0.5) is 4.39 Å². The van der Waals surface area contributed by atoms with E-state index in [1.54, 1.807) is 13.0 Å². The van der Waals surface area contributed by atoms with Crippen LogP contribution >= 0.6 is 0 Å². The highest BCUT2D eigenvalue weighted by molar-refractivity contribution is 5.25. The molecule has 0 unspecified atom stereocenters. The van der Waals surface area contributed by atoms with Gasteiger partial charge in [0.25, 0.3) is 0 Å². The van der Waals surface area contributed by atoms with Crippen molar-refractivity contribution in [2.75, 3.05) is 0 Å². The van der Waals surface area contributed by atoms with Gasteiger partial charge in [-0.1, -0.05) is 12.1 Å². The average Bonchev–Trinajstić information content (AvgIpc) is 2.08. The molecular weight excluding hydrogens is 155 g/mol. The molecular formula is C9H13FN2. The fourth-order valence-electron chi connectivity index (χ4n) is 0.975. The molecule has 66 valence electrons. The van der Waals surface area contributed by atoms with E-state index in [1.807, 2.05) is 13.0 Å². The molecule has 0 amide bonds. The predicted octanol–water partition coefficient (Wildman–Crippen LogP) is 1.66. The van der Waals surface area contributed by atoms with E-state index in [2.05, 4.69) is 5.43 Å². The second kappa shape index (κ2) is 3.65. The van der Waals surface area contributed by atoms with Gasteiger partial charge < -0.3 is 0 Å². The third kappa shape index (κ3) is 1.81. The number of nitrogens with two attached hydrogens (primary N) is 1. The molecule has 12 heavy (non-hydrogen) atoms. The molecule has 1 aromatic rings. The van der Waals surface area contributed by atoms with Crippen LogP contribution < -0.4 is 11.3 Å². The average molecular weight is 168 g/mol. The molecule has 3 heteroatoms. The smallest absolute Gasteiger partial charge is 0.126 e. The number of benzene rings is 1. The summed E-state index contributed by atoms with van der Waals surface area (Å²) in [5, 5.41) is 0. The topological polar surface area (TPSA) is 38.0 Å². The Morgan fingerprint density at radius 2 is 2.17 bits per heavy atom. The van der Waals surface area contributed by atoms with Crippen molar-refractivity contribution >= 4 is 0 Å². The summed E-state index contributed by atoms with van der Waals surface area (Å²) >= 11 is 0. The maximum atomic E-state index is 13.0. The molecule has 0 saturated carbocycles. The van der Waals surface area contributed by atoms with Crippen LogP contribution in [0.2, 0.25) is 0 Å². The van der Waals surface area contributed by atoms with Crippen molar-refractivity contribution in [3.8, 4) is 0 Å². The lowest BCUT2D eigenvalue weighted by atomic mass is 10.1. The maximum Gasteiger partial charge on any atom is 0.126 e. The van der Waals surface area contributed by atoms with Gasteiger partial charge in [0.15, 0.2) is 0 Å². The third-order valence-electron chi connectivity index (χ3n) is 1.95. The summed E-state index contributed by atoms with van der Waals surface area (Å²) in [5.74, 6) is 5.03. The van der Waals surface area contributed by atoms with Crippen LogP contribution in [-0.2, 0) is 0 Å². The minimum absolute atomic E-state index is 0.0138. The number of halogens is 1. The van der Waals surface area contributed by atoms with Crippen LogP contribution in [-0.4, -0.2) is 0 Å². The number of hydrogen-bond donors (Lipinski definition) is 2. The first-order valence-corrected chi connectivity index (χ1v) is 3.87. The summed E-state index contributed by atoms with van der Waals surface area (Å²) in [7, 11) is 0. The zero-order valence-corrected chi connectivity index (χ0v) is 7.26. The molecule has 0 heterocycles. The summed E-state index contributed by atoms with van der Waals surface area (Å²) in [5.41, 5.74) is 4.08. The Bertz CT molecular complexity index is 273. The lowest BCUT2D eigenvalue weighted by molar-refractivity contribution is 0.582. The molecule has 0 bridgehead atoms. The zero-order chi connectivity index (χ0) is 9.14. The van der Waals surface area contributed by atoms with Crippen LogP contribution in [0, 0.1) is 12.7 Å². The maximum absolute atomic E-state index is 13.0. The van der Waals surface area contributed by atoms with E-state index in [1.165, 1.54) is 6.07 Å². The molecule has 1 atom stereocenters. The van der Waals surface area contributed by atoms with Gasteiger partial charge in [0.05, 0.1) is 0 Å². The fraction of sp³-hybridized carbons (Fsp3) is 0.333. The molecule has 1 rings (SSSR count). The molecule has 0 aliphatic heterocycles. The van der Waals surface area contributed by atoms with Crippen molar-refractivity contribution in [1.29, 1.82) is 0 Å². The first-order valence-electron chi connectivity index (χ1n) is 3.87. The van der Waals surface area contributed by atoms with Crippen molar-refractivity contribution in [3.05, 3.63) is 35.1 Å². The first kappa shape index (κ1) is 9.16. The second-order valence-electron chi connectivity index (χ2n) is 2.90. The summed E-state index contributed by atoms with van der Waals surface area (Å²) < 4.78 is 13.0. The molecule has 2 nitrogen and oxygen atoms in total. The van der Waals surface area contributed by atoms with Gasteiger partial charge in [-0.2, -0.15) is 0 Å². The summed E-state index contributed by atoms with van der Waals surface area (Å²) in [6.07, 6.45) is 0. The second-order valence-corrected chi connectivity index (χ2v) is 2.90. The molecule has 0 spiro atoms. The minimum Gasteiger partial charge on any atom is -0.271 e. The van der Waals surface area contributed by atoms with Gasteiger partial charge in [-0.15, -0.1) is 0 Å². The van der Waals surface area contributed by atoms with E-state index in [4.69, 9.17) is 5.84 Å². The number of rotatable bonds is 2. The van der Waals surface area contributed by atoms with Crippen LogP contribution in [0.15, 0.2) is 18.2 Å². The summed E-state index contributed by atoms with van der Waals surface area (Å²) in [4.78, 5) is 0. The molecule has 3 N–H and O–H groups in total. The van der Waals surface area contributed by atoms with E-state index < -0.39 is 0 Å². The highest BCUT2D eigenvalue weighted by Gasteiger charge is 2.04. The minimum atomic E-state index is -0.186. The number of nitrogens with one attached hydrogen (secondary N) is 1. The number of aryl methyl sites for hydroxylation is 1. The molecule has 1 aromatic carbocycles. The molecule has 0 fully saturated rings. The summed E-state index contributed by atoms with van der Waals surface area (Å²) in [6.45, 7) is 3.61. The molecule has 0 aliphatic carbocycles. The van der Waals surface area contributed by atoms with Crippen LogP contribution in [0.3, 0.4) is 0 Å². The first-order chi connectivity index (χ1) is 5.65. The highest BCUT2D eigenvalue weighted by atomic mass is 19.1. The van der Waals surface area contributed by atoms with Crippen LogP contribution in [0.25, 0.3) is 0 Å². The summed E-state index contributed by atoms with van der Waals surface area (Å²) in [6, 6.07) is 5.10. The van der Waals surface area contributed by atoms with Crippen molar-refractivity contribution in [3.63, 3.8) is 0 Å². The quantitative estimate of drug-likeness (QED) is 0.520. The van der Waals surface area contributed by atoms with E-state index in [0.717, 1.165) is 5.56 Å². The van der Waals surface area contributed by atoms with Crippen molar-refractivity contribution in [2.45, 2.75) is 19.9 Å². The molecule has 0 radical (unpaired) electrons. The lowest BCUT2D eigenvalue weighted by Crippen LogP contribution is -2.25. The Kier molecular flexibility index (Phi) is 2.78. The normalized spacial score (nSPS) is 13.0. The standard InChI is InChI=1S/C9H13FN2/c1-6-3-4-8(5-9(6)10)7(2)12-11/h3-5,7,12H,11H2,1-2H3/t7-/m1/s1. The van der Waals surface area contributed by atoms with Gasteiger partial charge in [0.1, 0.15) is 5.82 Å². The zero-order valence-electron chi connectivity index (χ0n) is 7.26. The number of hydrogen-bond acceptors (Lipinski definition) is 2. The highest BCUT2D eigenvalue weighted by Crippen LogP contribution is 2.14. The molecule has 0 aromatic heterocycles. The van der Waals surface area contributed by atoms with Gasteiger partial charge >= 0.3 is 0 Å². The van der Waals surface area contributed by atoms with Crippen molar-refractivity contribution < 1.29 is 4.39 Å². The lowest BCUT2D eigenvalue weighted by Gasteiger charge is -2.10. The number of hydrazine groups is 1. The van der Waals surface area contributed by atoms with Gasteiger partial charge in [-0.25, -0.2) is 4.39 Å². The van der Waals surface area contributed by atoms with Gasteiger partial charge in [-0.05, 0) is 31.0 Å². The van der Waals surface area contributed by atoms with Gasteiger partial charge in [-0.3, -0.25) is 11.3 Å². The fourth-order valence-corrected chi connectivity index (χ4v) is 0.975. The SMILES string of the molecule is Cc1ccc([C@@H](C)NN)cc1F. The van der Waals surface area contributed by atoms with Crippen LogP contribution in [0.1, 0.15) is 24.1 Å². The van der Waals surface area contributed by atoms with Gasteiger partial charge in [0, 0.05) is 6.04 Å². The largest absolute Gasteiger partial charge is 0.271 e. The Morgan fingerprint density at radius 1 is 1.50 bits per heavy atom. The van der Waals surface area contributed by atoms with Gasteiger partial charge in [0.2, 0.25) is 0 Å².